The van der Waals surface area contributed by atoms with E-state index in [-0.39, 0.29) is 19.1 Å². The summed E-state index contributed by atoms with van der Waals surface area (Å²) in [5.74, 6) is 1.27. The first-order chi connectivity index (χ1) is 12.1. The molecule has 0 saturated carbocycles. The Labute approximate surface area is 149 Å². The Kier molecular flexibility index (Phi) is 8.18. The first kappa shape index (κ1) is 19.7. The van der Waals surface area contributed by atoms with E-state index in [1.54, 1.807) is 12.1 Å². The van der Waals surface area contributed by atoms with Crippen molar-refractivity contribution in [2.24, 2.45) is 5.92 Å². The van der Waals surface area contributed by atoms with Crippen LogP contribution in [0.25, 0.3) is 0 Å². The molecule has 0 spiro atoms. The molecular formula is C19H30N2O4. The average molecular weight is 350 g/mol. The second-order valence-corrected chi connectivity index (χ2v) is 6.70. The van der Waals surface area contributed by atoms with Crippen LogP contribution in [0.4, 0.5) is 0 Å². The predicted octanol–water partition coefficient (Wildman–Crippen LogP) is 1.24. The highest BCUT2D eigenvalue weighted by Crippen LogP contribution is 2.20. The van der Waals surface area contributed by atoms with Gasteiger partial charge in [0.1, 0.15) is 5.75 Å². The topological polar surface area (TPSA) is 90.8 Å². The molecule has 4 N–H and O–H groups in total. The Balaban J connectivity index is 1.79. The summed E-state index contributed by atoms with van der Waals surface area (Å²) in [4.78, 5) is 12.2. The van der Waals surface area contributed by atoms with Crippen LogP contribution in [0.2, 0.25) is 0 Å². The van der Waals surface area contributed by atoms with Crippen LogP contribution in [0.5, 0.6) is 5.75 Å². The van der Waals surface area contributed by atoms with Crippen LogP contribution >= 0.6 is 0 Å². The van der Waals surface area contributed by atoms with E-state index in [1.807, 2.05) is 13.0 Å². The molecule has 1 aliphatic rings. The van der Waals surface area contributed by atoms with Crippen LogP contribution in [0.3, 0.4) is 0 Å². The fraction of sp³-hybridized carbons (Fsp3) is 0.632. The highest BCUT2D eigenvalue weighted by molar-refractivity contribution is 5.96. The fourth-order valence-corrected chi connectivity index (χ4v) is 3.13. The second-order valence-electron chi connectivity index (χ2n) is 6.70. The number of piperidine rings is 1. The van der Waals surface area contributed by atoms with Crippen molar-refractivity contribution in [2.45, 2.75) is 38.6 Å². The van der Waals surface area contributed by atoms with Crippen molar-refractivity contribution >= 4 is 5.91 Å². The molecule has 0 bridgehead atoms. The molecule has 0 aromatic heterocycles. The molecule has 6 nitrogen and oxygen atoms in total. The van der Waals surface area contributed by atoms with Gasteiger partial charge in [-0.2, -0.15) is 0 Å². The van der Waals surface area contributed by atoms with Gasteiger partial charge in [-0.1, -0.05) is 0 Å². The van der Waals surface area contributed by atoms with E-state index >= 15 is 0 Å². The minimum atomic E-state index is -0.641. The number of nitrogens with one attached hydrogen (secondary N) is 2. The van der Waals surface area contributed by atoms with E-state index in [0.717, 1.165) is 36.7 Å². The standard InChI is InChI=1S/C19H30N2O4/c1-14-11-17(25-10-2-3-15-6-8-20-9-7-15)4-5-18(14)19(24)21-16(12-22)13-23/h4-5,11,15-16,20,22-23H,2-3,6-10,12-13H2,1H3,(H,21,24). The van der Waals surface area contributed by atoms with Crippen LogP contribution in [-0.2, 0) is 0 Å². The third-order valence-electron chi connectivity index (χ3n) is 4.70. The molecule has 1 fully saturated rings. The first-order valence-corrected chi connectivity index (χ1v) is 9.10. The monoisotopic (exact) mass is 350 g/mol. The lowest BCUT2D eigenvalue weighted by Gasteiger charge is -2.22. The highest BCUT2D eigenvalue weighted by atomic mass is 16.5. The third-order valence-corrected chi connectivity index (χ3v) is 4.70. The normalized spacial score (nSPS) is 15.4. The van der Waals surface area contributed by atoms with Crippen molar-refractivity contribution in [2.75, 3.05) is 32.9 Å². The van der Waals surface area contributed by atoms with E-state index < -0.39 is 6.04 Å². The smallest absolute Gasteiger partial charge is 0.251 e. The largest absolute Gasteiger partial charge is 0.494 e. The Morgan fingerprint density at radius 1 is 1.32 bits per heavy atom. The van der Waals surface area contributed by atoms with Gasteiger partial charge >= 0.3 is 0 Å². The summed E-state index contributed by atoms with van der Waals surface area (Å²) in [6.45, 7) is 4.21. The van der Waals surface area contributed by atoms with E-state index in [1.165, 1.54) is 19.3 Å². The van der Waals surface area contributed by atoms with Crippen LogP contribution in [0.1, 0.15) is 41.6 Å². The summed E-state index contributed by atoms with van der Waals surface area (Å²) in [5, 5.41) is 24.1. The zero-order valence-electron chi connectivity index (χ0n) is 15.0. The number of carbonyl (C=O) groups is 1. The number of aliphatic hydroxyl groups excluding tert-OH is 2. The van der Waals surface area contributed by atoms with Crippen molar-refractivity contribution in [3.05, 3.63) is 29.3 Å². The molecule has 1 saturated heterocycles. The number of rotatable bonds is 9. The zero-order valence-corrected chi connectivity index (χ0v) is 15.0. The summed E-state index contributed by atoms with van der Waals surface area (Å²) in [5.41, 5.74) is 1.33. The number of ether oxygens (including phenoxy) is 1. The Morgan fingerprint density at radius 3 is 2.68 bits per heavy atom. The fourth-order valence-electron chi connectivity index (χ4n) is 3.13. The molecule has 140 valence electrons. The number of aryl methyl sites for hydroxylation is 1. The summed E-state index contributed by atoms with van der Waals surface area (Å²) in [7, 11) is 0. The molecular weight excluding hydrogens is 320 g/mol. The van der Waals surface area contributed by atoms with Crippen molar-refractivity contribution in [3.8, 4) is 5.75 Å². The summed E-state index contributed by atoms with van der Waals surface area (Å²) >= 11 is 0. The molecule has 0 atom stereocenters. The van der Waals surface area contributed by atoms with Gasteiger partial charge < -0.3 is 25.6 Å². The number of amides is 1. The van der Waals surface area contributed by atoms with E-state index in [9.17, 15) is 4.79 Å². The van der Waals surface area contributed by atoms with Crippen molar-refractivity contribution in [1.82, 2.24) is 10.6 Å². The van der Waals surface area contributed by atoms with Gasteiger partial charge in [-0.3, -0.25) is 4.79 Å². The zero-order chi connectivity index (χ0) is 18.1. The molecule has 1 aromatic carbocycles. The molecule has 25 heavy (non-hydrogen) atoms. The molecule has 2 rings (SSSR count). The maximum atomic E-state index is 12.2. The average Bonchev–Trinajstić information content (AvgIpc) is 2.64. The van der Waals surface area contributed by atoms with Crippen molar-refractivity contribution < 1.29 is 19.7 Å². The molecule has 1 heterocycles. The Morgan fingerprint density at radius 2 is 2.04 bits per heavy atom. The maximum absolute atomic E-state index is 12.2. The Bertz CT molecular complexity index is 540. The van der Waals surface area contributed by atoms with Gasteiger partial charge in [-0.15, -0.1) is 0 Å². The van der Waals surface area contributed by atoms with Gasteiger partial charge in [-0.25, -0.2) is 0 Å². The first-order valence-electron chi connectivity index (χ1n) is 9.10. The van der Waals surface area contributed by atoms with Gasteiger partial charge in [0.2, 0.25) is 0 Å². The third kappa shape index (κ3) is 6.30. The van der Waals surface area contributed by atoms with E-state index in [2.05, 4.69) is 10.6 Å². The number of carbonyl (C=O) groups excluding carboxylic acids is 1. The van der Waals surface area contributed by atoms with Gasteiger partial charge in [0.15, 0.2) is 0 Å². The number of hydrogen-bond donors (Lipinski definition) is 4. The Hall–Kier alpha value is -1.63. The SMILES string of the molecule is Cc1cc(OCCCC2CCNCC2)ccc1C(=O)NC(CO)CO. The van der Waals surface area contributed by atoms with Crippen LogP contribution in [-0.4, -0.2) is 55.1 Å². The predicted molar refractivity (Wildman–Crippen MR) is 96.9 cm³/mol. The van der Waals surface area contributed by atoms with Crippen molar-refractivity contribution in [3.63, 3.8) is 0 Å². The lowest BCUT2D eigenvalue weighted by molar-refractivity contribution is 0.0878. The van der Waals surface area contributed by atoms with Crippen LogP contribution < -0.4 is 15.4 Å². The molecule has 1 amide bonds. The lowest BCUT2D eigenvalue weighted by Crippen LogP contribution is -2.40. The summed E-state index contributed by atoms with van der Waals surface area (Å²) in [6.07, 6.45) is 4.75. The minimum absolute atomic E-state index is 0.292. The van der Waals surface area contributed by atoms with Crippen LogP contribution in [0.15, 0.2) is 18.2 Å². The lowest BCUT2D eigenvalue weighted by atomic mass is 9.93. The molecule has 0 radical (unpaired) electrons. The molecule has 0 unspecified atom stereocenters. The maximum Gasteiger partial charge on any atom is 0.251 e. The molecule has 1 aliphatic heterocycles. The summed E-state index contributed by atoms with van der Waals surface area (Å²) in [6, 6.07) is 4.72. The van der Waals surface area contributed by atoms with Gasteiger partial charge in [0, 0.05) is 5.56 Å². The van der Waals surface area contributed by atoms with Crippen LogP contribution in [0, 0.1) is 12.8 Å². The van der Waals surface area contributed by atoms with E-state index in [0.29, 0.717) is 12.2 Å². The second kappa shape index (κ2) is 10.4. The van der Waals surface area contributed by atoms with Crippen molar-refractivity contribution in [1.29, 1.82) is 0 Å². The van der Waals surface area contributed by atoms with Gasteiger partial charge in [-0.05, 0) is 75.4 Å². The summed E-state index contributed by atoms with van der Waals surface area (Å²) < 4.78 is 5.81. The number of benzene rings is 1. The highest BCUT2D eigenvalue weighted by Gasteiger charge is 2.15. The number of hydrogen-bond acceptors (Lipinski definition) is 5. The molecule has 6 heteroatoms. The minimum Gasteiger partial charge on any atom is -0.494 e. The van der Waals surface area contributed by atoms with E-state index in [4.69, 9.17) is 14.9 Å². The van der Waals surface area contributed by atoms with Gasteiger partial charge in [0.05, 0.1) is 25.9 Å². The molecule has 1 aromatic rings. The quantitative estimate of drug-likeness (QED) is 0.503. The number of aliphatic hydroxyl groups is 2. The molecule has 0 aliphatic carbocycles. The van der Waals surface area contributed by atoms with Gasteiger partial charge in [0.25, 0.3) is 5.91 Å².